The first-order chi connectivity index (χ1) is 7.55. The molecule has 0 saturated carbocycles. The Labute approximate surface area is 94.1 Å². The highest BCUT2D eigenvalue weighted by Gasteiger charge is 2.19. The highest BCUT2D eigenvalue weighted by Crippen LogP contribution is 2.24. The van der Waals surface area contributed by atoms with Gasteiger partial charge in [0.25, 0.3) is 0 Å². The van der Waals surface area contributed by atoms with Gasteiger partial charge < -0.3 is 4.98 Å². The Hall–Kier alpha value is -1.77. The number of fused-ring (bicyclic) bond motifs is 3. The highest BCUT2D eigenvalue weighted by atomic mass is 15.3. The minimum Gasteiger partial charge on any atom is -0.338 e. The number of aromatic nitrogens is 3. The molecule has 3 rings (SSSR count). The van der Waals surface area contributed by atoms with Gasteiger partial charge in [0.15, 0.2) is 0 Å². The summed E-state index contributed by atoms with van der Waals surface area (Å²) in [4.78, 5) is 3.37. The van der Waals surface area contributed by atoms with Crippen LogP contribution in [0.1, 0.15) is 26.5 Å². The van der Waals surface area contributed by atoms with Crippen molar-refractivity contribution < 1.29 is 0 Å². The van der Waals surface area contributed by atoms with Crippen molar-refractivity contribution in [1.82, 2.24) is 14.6 Å². The third kappa shape index (κ3) is 1.24. The summed E-state index contributed by atoms with van der Waals surface area (Å²) in [6, 6.07) is 10.3. The largest absolute Gasteiger partial charge is 0.338 e. The van der Waals surface area contributed by atoms with E-state index in [9.17, 15) is 0 Å². The molecule has 0 fully saturated rings. The van der Waals surface area contributed by atoms with Crippen LogP contribution >= 0.6 is 0 Å². The average Bonchev–Trinajstić information content (AvgIpc) is 2.72. The molecule has 2 aromatic heterocycles. The van der Waals surface area contributed by atoms with Crippen LogP contribution in [-0.2, 0) is 5.41 Å². The summed E-state index contributed by atoms with van der Waals surface area (Å²) in [6.45, 7) is 6.53. The first-order valence-corrected chi connectivity index (χ1v) is 5.53. The molecule has 3 heteroatoms. The molecule has 0 atom stereocenters. The summed E-state index contributed by atoms with van der Waals surface area (Å²) in [5.41, 5.74) is 4.53. The first-order valence-electron chi connectivity index (χ1n) is 5.53. The van der Waals surface area contributed by atoms with E-state index < -0.39 is 0 Å². The Morgan fingerprint density at radius 3 is 2.69 bits per heavy atom. The van der Waals surface area contributed by atoms with Crippen LogP contribution in [0, 0.1) is 0 Å². The Kier molecular flexibility index (Phi) is 1.70. The van der Waals surface area contributed by atoms with Gasteiger partial charge in [0.05, 0.1) is 16.7 Å². The van der Waals surface area contributed by atoms with Gasteiger partial charge in [-0.1, -0.05) is 32.9 Å². The standard InChI is InChI=1S/C13H15N3/c1-13(2,3)11-8-12-14-9-6-4-5-7-10(9)16(12)15-11/h4-8,14H,1-3H3. The number of H-pyrrole nitrogens is 1. The van der Waals surface area contributed by atoms with Crippen molar-refractivity contribution in [2.45, 2.75) is 26.2 Å². The maximum atomic E-state index is 4.66. The van der Waals surface area contributed by atoms with Crippen molar-refractivity contribution in [3.63, 3.8) is 0 Å². The Morgan fingerprint density at radius 2 is 1.94 bits per heavy atom. The lowest BCUT2D eigenvalue weighted by Gasteiger charge is -2.13. The molecule has 0 unspecified atom stereocenters. The minimum absolute atomic E-state index is 0.0912. The third-order valence-electron chi connectivity index (χ3n) is 2.87. The topological polar surface area (TPSA) is 33.1 Å². The molecular weight excluding hydrogens is 198 g/mol. The molecular formula is C13H15N3. The van der Waals surface area contributed by atoms with Crippen molar-refractivity contribution in [2.24, 2.45) is 0 Å². The van der Waals surface area contributed by atoms with Crippen LogP contribution in [0.3, 0.4) is 0 Å². The summed E-state index contributed by atoms with van der Waals surface area (Å²) in [7, 11) is 0. The molecule has 0 aliphatic rings. The Balaban J connectivity index is 2.35. The van der Waals surface area contributed by atoms with Crippen molar-refractivity contribution in [1.29, 1.82) is 0 Å². The predicted octanol–water partition coefficient (Wildman–Crippen LogP) is 3.11. The molecule has 3 nitrogen and oxygen atoms in total. The van der Waals surface area contributed by atoms with Gasteiger partial charge in [0.2, 0.25) is 0 Å². The second-order valence-electron chi connectivity index (χ2n) is 5.22. The fraction of sp³-hybridized carbons (Fsp3) is 0.308. The van der Waals surface area contributed by atoms with Crippen LogP contribution in [-0.4, -0.2) is 14.6 Å². The maximum absolute atomic E-state index is 4.66. The molecule has 0 aliphatic carbocycles. The summed E-state index contributed by atoms with van der Waals surface area (Å²) in [5, 5.41) is 4.66. The molecule has 0 amide bonds. The van der Waals surface area contributed by atoms with Gasteiger partial charge in [0.1, 0.15) is 5.65 Å². The zero-order chi connectivity index (χ0) is 11.3. The molecule has 0 spiro atoms. The molecule has 0 aliphatic heterocycles. The number of aromatic amines is 1. The van der Waals surface area contributed by atoms with Gasteiger partial charge in [-0.15, -0.1) is 0 Å². The molecule has 2 heterocycles. The second kappa shape index (κ2) is 2.88. The second-order valence-corrected chi connectivity index (χ2v) is 5.22. The quantitative estimate of drug-likeness (QED) is 0.611. The van der Waals surface area contributed by atoms with E-state index in [2.05, 4.69) is 49.1 Å². The van der Waals surface area contributed by atoms with Crippen LogP contribution in [0.2, 0.25) is 0 Å². The number of nitrogens with zero attached hydrogens (tertiary/aromatic N) is 2. The molecule has 0 radical (unpaired) electrons. The third-order valence-corrected chi connectivity index (χ3v) is 2.87. The van der Waals surface area contributed by atoms with E-state index in [0.717, 1.165) is 22.4 Å². The predicted molar refractivity (Wildman–Crippen MR) is 65.7 cm³/mol. The van der Waals surface area contributed by atoms with Gasteiger partial charge in [0, 0.05) is 11.5 Å². The van der Waals surface area contributed by atoms with E-state index >= 15 is 0 Å². The summed E-state index contributed by atoms with van der Waals surface area (Å²) < 4.78 is 1.98. The maximum Gasteiger partial charge on any atom is 0.134 e. The normalized spacial score (nSPS) is 12.7. The molecule has 16 heavy (non-hydrogen) atoms. The molecule has 1 N–H and O–H groups in total. The number of nitrogens with one attached hydrogen (secondary N) is 1. The number of para-hydroxylation sites is 2. The van der Waals surface area contributed by atoms with E-state index in [1.165, 1.54) is 0 Å². The van der Waals surface area contributed by atoms with E-state index in [1.807, 2.05) is 16.6 Å². The summed E-state index contributed by atoms with van der Waals surface area (Å²) in [6.07, 6.45) is 0. The number of hydrogen-bond donors (Lipinski definition) is 1. The van der Waals surface area contributed by atoms with Crippen LogP contribution in [0.4, 0.5) is 0 Å². The fourth-order valence-corrected chi connectivity index (χ4v) is 1.92. The van der Waals surface area contributed by atoms with E-state index in [0.29, 0.717) is 0 Å². The zero-order valence-corrected chi connectivity index (χ0v) is 9.78. The summed E-state index contributed by atoms with van der Waals surface area (Å²) in [5.74, 6) is 0. The highest BCUT2D eigenvalue weighted by molar-refractivity contribution is 5.80. The van der Waals surface area contributed by atoms with Gasteiger partial charge in [-0.25, -0.2) is 4.52 Å². The smallest absolute Gasteiger partial charge is 0.134 e. The minimum atomic E-state index is 0.0912. The number of rotatable bonds is 0. The zero-order valence-electron chi connectivity index (χ0n) is 9.78. The van der Waals surface area contributed by atoms with Gasteiger partial charge >= 0.3 is 0 Å². The Bertz CT molecular complexity index is 652. The molecule has 3 aromatic rings. The molecule has 0 bridgehead atoms. The van der Waals surface area contributed by atoms with E-state index in [1.54, 1.807) is 0 Å². The van der Waals surface area contributed by atoms with Gasteiger partial charge in [-0.2, -0.15) is 5.10 Å². The van der Waals surface area contributed by atoms with Crippen LogP contribution in [0.25, 0.3) is 16.7 Å². The average molecular weight is 213 g/mol. The van der Waals surface area contributed by atoms with Crippen molar-refractivity contribution in [3.05, 3.63) is 36.0 Å². The van der Waals surface area contributed by atoms with Crippen molar-refractivity contribution in [2.75, 3.05) is 0 Å². The van der Waals surface area contributed by atoms with E-state index in [4.69, 9.17) is 0 Å². The lowest BCUT2D eigenvalue weighted by molar-refractivity contribution is 0.564. The SMILES string of the molecule is CC(C)(C)c1cc2[nH]c3ccccc3n2n1. The number of hydrogen-bond acceptors (Lipinski definition) is 1. The number of benzene rings is 1. The molecule has 1 aromatic carbocycles. The Morgan fingerprint density at radius 1 is 1.19 bits per heavy atom. The number of imidazole rings is 1. The van der Waals surface area contributed by atoms with E-state index in [-0.39, 0.29) is 5.41 Å². The summed E-state index contributed by atoms with van der Waals surface area (Å²) >= 11 is 0. The first kappa shape index (κ1) is 9.46. The van der Waals surface area contributed by atoms with Crippen molar-refractivity contribution >= 4 is 16.7 Å². The van der Waals surface area contributed by atoms with Gasteiger partial charge in [-0.05, 0) is 12.1 Å². The lowest BCUT2D eigenvalue weighted by Crippen LogP contribution is -2.11. The van der Waals surface area contributed by atoms with Gasteiger partial charge in [-0.3, -0.25) is 0 Å². The van der Waals surface area contributed by atoms with Crippen LogP contribution in [0.5, 0.6) is 0 Å². The molecule has 0 saturated heterocycles. The fourth-order valence-electron chi connectivity index (χ4n) is 1.92. The van der Waals surface area contributed by atoms with Crippen molar-refractivity contribution in [3.8, 4) is 0 Å². The monoisotopic (exact) mass is 213 g/mol. The van der Waals surface area contributed by atoms with Crippen LogP contribution in [0.15, 0.2) is 30.3 Å². The van der Waals surface area contributed by atoms with Crippen LogP contribution < -0.4 is 0 Å². The molecule has 82 valence electrons. The lowest BCUT2D eigenvalue weighted by atomic mass is 9.93.